The van der Waals surface area contributed by atoms with E-state index in [9.17, 15) is 23.4 Å². The van der Waals surface area contributed by atoms with E-state index in [1.54, 1.807) is 0 Å². The molecule has 0 bridgehead atoms. The minimum atomic E-state index is -4.55. The lowest BCUT2D eigenvalue weighted by molar-refractivity contribution is -0.137. The number of nitrogen functional groups attached to an aromatic ring is 1. The monoisotopic (exact) mass is 269 g/mol. The molecule has 5 nitrogen and oxygen atoms in total. The Bertz CT molecular complexity index is 753. The number of aliphatic hydroxyl groups excluding tert-OH is 2. The molecule has 2 aromatic rings. The Hall–Kier alpha value is -2.51. The van der Waals surface area contributed by atoms with Gasteiger partial charge in [-0.25, -0.2) is 9.97 Å². The normalized spacial score (nSPS) is 14.5. The van der Waals surface area contributed by atoms with Crippen LogP contribution in [0, 0.1) is 0 Å². The maximum Gasteiger partial charge on any atom is 0.416 e. The van der Waals surface area contributed by atoms with Gasteiger partial charge < -0.3 is 15.9 Å². The molecule has 0 amide bonds. The molecule has 1 aromatic heterocycles. The molecule has 19 heavy (non-hydrogen) atoms. The molecule has 0 unspecified atom stereocenters. The van der Waals surface area contributed by atoms with Gasteiger partial charge in [0.25, 0.3) is 0 Å². The minimum Gasteiger partial charge on any atom is -0.503 e. The van der Waals surface area contributed by atoms with E-state index >= 15 is 0 Å². The molecule has 98 valence electrons. The minimum absolute atomic E-state index is 0.0245. The van der Waals surface area contributed by atoms with Crippen LogP contribution in [0.2, 0.25) is 0 Å². The average Bonchev–Trinajstić information content (AvgIpc) is 2.35. The summed E-state index contributed by atoms with van der Waals surface area (Å²) >= 11 is 0. The fourth-order valence-electron chi connectivity index (χ4n) is 1.84. The van der Waals surface area contributed by atoms with Gasteiger partial charge in [-0.15, -0.1) is 0 Å². The van der Waals surface area contributed by atoms with Crippen LogP contribution in [0.3, 0.4) is 0 Å². The molecule has 1 aliphatic rings. The van der Waals surface area contributed by atoms with Crippen molar-refractivity contribution in [1.82, 2.24) is 9.97 Å². The SMILES string of the molecule is Nc1cc(C(F)(F)F)cc2nc3c(nc12)C(O)=C3O. The van der Waals surface area contributed by atoms with Crippen LogP contribution >= 0.6 is 0 Å². The van der Waals surface area contributed by atoms with Gasteiger partial charge in [0.1, 0.15) is 16.9 Å². The number of nitrogens with two attached hydrogens (primary N) is 1. The van der Waals surface area contributed by atoms with Crippen LogP contribution in [-0.4, -0.2) is 20.2 Å². The largest absolute Gasteiger partial charge is 0.503 e. The van der Waals surface area contributed by atoms with Gasteiger partial charge in [-0.2, -0.15) is 13.2 Å². The van der Waals surface area contributed by atoms with E-state index in [1.807, 2.05) is 0 Å². The Morgan fingerprint density at radius 2 is 1.58 bits per heavy atom. The number of anilines is 1. The summed E-state index contributed by atoms with van der Waals surface area (Å²) in [5.74, 6) is -0.927. The lowest BCUT2D eigenvalue weighted by Gasteiger charge is -2.18. The van der Waals surface area contributed by atoms with Gasteiger partial charge in [-0.05, 0) is 12.1 Å². The fraction of sp³-hybridized carbons (Fsp3) is 0.0909. The molecule has 0 spiro atoms. The zero-order valence-corrected chi connectivity index (χ0v) is 9.15. The number of halogens is 3. The summed E-state index contributed by atoms with van der Waals surface area (Å²) in [7, 11) is 0. The van der Waals surface area contributed by atoms with Crippen molar-refractivity contribution in [3.05, 3.63) is 29.1 Å². The first-order valence-electron chi connectivity index (χ1n) is 5.10. The molecular formula is C11H6F3N3O2. The van der Waals surface area contributed by atoms with E-state index in [2.05, 4.69) is 9.97 Å². The van der Waals surface area contributed by atoms with Crippen molar-refractivity contribution in [2.24, 2.45) is 0 Å². The third kappa shape index (κ3) is 1.49. The highest BCUT2D eigenvalue weighted by Gasteiger charge is 2.34. The van der Waals surface area contributed by atoms with Crippen molar-refractivity contribution in [3.8, 4) is 0 Å². The topological polar surface area (TPSA) is 92.3 Å². The Labute approximate surface area is 103 Å². The second-order valence-electron chi connectivity index (χ2n) is 4.05. The molecule has 0 fully saturated rings. The molecule has 0 saturated carbocycles. The first kappa shape index (κ1) is 11.6. The number of aliphatic hydroxyl groups is 2. The molecule has 1 aromatic carbocycles. The number of benzene rings is 1. The number of hydrogen-bond acceptors (Lipinski definition) is 5. The number of fused-ring (bicyclic) bond motifs is 2. The fourth-order valence-corrected chi connectivity index (χ4v) is 1.84. The zero-order valence-electron chi connectivity index (χ0n) is 9.15. The van der Waals surface area contributed by atoms with Crippen LogP contribution in [0.15, 0.2) is 12.1 Å². The smallest absolute Gasteiger partial charge is 0.416 e. The standard InChI is InChI=1S/C11H6F3N3O2/c12-11(13,14)3-1-4(15)6-5(2-3)16-7-8(17-6)10(19)9(7)18/h1-2,18-19H,15H2. The highest BCUT2D eigenvalue weighted by atomic mass is 19.4. The molecule has 1 aliphatic carbocycles. The summed E-state index contributed by atoms with van der Waals surface area (Å²) in [6.07, 6.45) is -4.55. The van der Waals surface area contributed by atoms with Crippen molar-refractivity contribution in [1.29, 1.82) is 0 Å². The Balaban J connectivity index is 2.29. The van der Waals surface area contributed by atoms with Gasteiger partial charge in [0.2, 0.25) is 0 Å². The highest BCUT2D eigenvalue weighted by Crippen LogP contribution is 2.38. The molecule has 4 N–H and O–H groups in total. The van der Waals surface area contributed by atoms with Gasteiger partial charge in [0, 0.05) is 0 Å². The molecule has 0 aliphatic heterocycles. The van der Waals surface area contributed by atoms with Crippen molar-refractivity contribution in [2.45, 2.75) is 6.18 Å². The van der Waals surface area contributed by atoms with E-state index in [-0.39, 0.29) is 28.1 Å². The average molecular weight is 269 g/mol. The predicted octanol–water partition coefficient (Wildman–Crippen LogP) is 2.49. The highest BCUT2D eigenvalue weighted by molar-refractivity contribution is 5.98. The van der Waals surface area contributed by atoms with E-state index in [4.69, 9.17) is 5.73 Å². The van der Waals surface area contributed by atoms with E-state index < -0.39 is 23.3 Å². The van der Waals surface area contributed by atoms with Crippen LogP contribution in [0.5, 0.6) is 0 Å². The quantitative estimate of drug-likeness (QED) is 0.639. The van der Waals surface area contributed by atoms with Crippen molar-refractivity contribution < 1.29 is 23.4 Å². The van der Waals surface area contributed by atoms with Crippen LogP contribution in [0.1, 0.15) is 17.0 Å². The number of nitrogens with zero attached hydrogens (tertiary/aromatic N) is 2. The third-order valence-electron chi connectivity index (χ3n) is 2.80. The Morgan fingerprint density at radius 1 is 1.00 bits per heavy atom. The maximum absolute atomic E-state index is 12.6. The molecular weight excluding hydrogens is 263 g/mol. The van der Waals surface area contributed by atoms with E-state index in [0.29, 0.717) is 0 Å². The first-order valence-corrected chi connectivity index (χ1v) is 5.10. The van der Waals surface area contributed by atoms with Gasteiger partial charge in [-0.1, -0.05) is 0 Å². The summed E-state index contributed by atoms with van der Waals surface area (Å²) in [5.41, 5.74) is 4.31. The van der Waals surface area contributed by atoms with Crippen LogP contribution in [0.25, 0.3) is 22.6 Å². The van der Waals surface area contributed by atoms with Gasteiger partial charge in [0.05, 0.1) is 16.8 Å². The molecule has 0 atom stereocenters. The molecule has 1 heterocycles. The first-order chi connectivity index (χ1) is 8.79. The number of rotatable bonds is 0. The second kappa shape index (κ2) is 3.28. The summed E-state index contributed by atoms with van der Waals surface area (Å²) in [6, 6.07) is 1.55. The summed E-state index contributed by atoms with van der Waals surface area (Å²) < 4.78 is 37.9. The van der Waals surface area contributed by atoms with Gasteiger partial charge in [-0.3, -0.25) is 0 Å². The Kier molecular flexibility index (Phi) is 2.00. The number of alkyl halides is 3. The molecule has 0 radical (unpaired) electrons. The van der Waals surface area contributed by atoms with Crippen molar-refractivity contribution >= 4 is 28.2 Å². The van der Waals surface area contributed by atoms with Crippen molar-refractivity contribution in [2.75, 3.05) is 5.73 Å². The lowest BCUT2D eigenvalue weighted by atomic mass is 10.0. The maximum atomic E-state index is 12.6. The lowest BCUT2D eigenvalue weighted by Crippen LogP contribution is -2.13. The second-order valence-corrected chi connectivity index (χ2v) is 4.05. The van der Waals surface area contributed by atoms with Crippen LogP contribution in [-0.2, 0) is 6.18 Å². The number of hydrogen-bond donors (Lipinski definition) is 3. The summed E-state index contributed by atoms with van der Waals surface area (Å²) in [6.45, 7) is 0. The molecule has 8 heteroatoms. The predicted molar refractivity (Wildman–Crippen MR) is 61.0 cm³/mol. The molecule has 0 saturated heterocycles. The van der Waals surface area contributed by atoms with Crippen molar-refractivity contribution in [3.63, 3.8) is 0 Å². The van der Waals surface area contributed by atoms with Gasteiger partial charge in [0.15, 0.2) is 11.5 Å². The van der Waals surface area contributed by atoms with E-state index in [0.717, 1.165) is 12.1 Å². The zero-order chi connectivity index (χ0) is 13.9. The Morgan fingerprint density at radius 3 is 2.16 bits per heavy atom. The summed E-state index contributed by atoms with van der Waals surface area (Å²) in [5, 5.41) is 18.6. The molecule has 3 rings (SSSR count). The third-order valence-corrected chi connectivity index (χ3v) is 2.80. The van der Waals surface area contributed by atoms with E-state index in [1.165, 1.54) is 0 Å². The van der Waals surface area contributed by atoms with Gasteiger partial charge >= 0.3 is 6.18 Å². The summed E-state index contributed by atoms with van der Waals surface area (Å²) in [4.78, 5) is 7.71. The number of aromatic nitrogens is 2. The van der Waals surface area contributed by atoms with Crippen LogP contribution < -0.4 is 5.73 Å². The van der Waals surface area contributed by atoms with Crippen LogP contribution in [0.4, 0.5) is 18.9 Å².